The van der Waals surface area contributed by atoms with Crippen molar-refractivity contribution in [1.29, 1.82) is 0 Å². The van der Waals surface area contributed by atoms with E-state index in [1.165, 1.54) is 0 Å². The van der Waals surface area contributed by atoms with Crippen LogP contribution in [-0.2, 0) is 31.3 Å². The van der Waals surface area contributed by atoms with Crippen LogP contribution in [0.15, 0.2) is 60.7 Å². The van der Waals surface area contributed by atoms with E-state index in [4.69, 9.17) is 10.2 Å². The van der Waals surface area contributed by atoms with Crippen LogP contribution in [0.5, 0.6) is 0 Å². The first-order valence-electron chi connectivity index (χ1n) is 11.5. The second kappa shape index (κ2) is 23.2. The molecule has 0 spiro atoms. The second-order valence-electron chi connectivity index (χ2n) is 7.17. The first-order valence-corrected chi connectivity index (χ1v) is 11.5. The summed E-state index contributed by atoms with van der Waals surface area (Å²) < 4.78 is 0. The molecule has 0 amide bonds. The fourth-order valence-corrected chi connectivity index (χ4v) is 2.76. The van der Waals surface area contributed by atoms with E-state index in [2.05, 4.69) is 0 Å². The van der Waals surface area contributed by atoms with Crippen molar-refractivity contribution in [3.05, 3.63) is 84.6 Å². The van der Waals surface area contributed by atoms with Crippen molar-refractivity contribution >= 4 is 23.1 Å². The van der Waals surface area contributed by atoms with Crippen LogP contribution in [0.1, 0.15) is 73.1 Å². The van der Waals surface area contributed by atoms with Crippen LogP contribution in [0.2, 0.25) is 0 Å². The fourth-order valence-electron chi connectivity index (χ4n) is 2.76. The Morgan fingerprint density at radius 3 is 1.17 bits per heavy atom. The number of benzene rings is 2. The molecule has 0 saturated heterocycles. The molecule has 6 nitrogen and oxygen atoms in total. The summed E-state index contributed by atoms with van der Waals surface area (Å²) in [5.74, 6) is -0.886. The molecule has 0 unspecified atom stereocenters. The number of unbranched alkanes of at least 4 members (excludes halogenated alkanes) is 3. The summed E-state index contributed by atoms with van der Waals surface area (Å²) >= 11 is 0. The maximum absolute atomic E-state index is 11.9. The van der Waals surface area contributed by atoms with Gasteiger partial charge in [-0.05, 0) is 25.7 Å². The summed E-state index contributed by atoms with van der Waals surface area (Å²) in [6.07, 6.45) is 5.93. The van der Waals surface area contributed by atoms with Gasteiger partial charge in [-0.3, -0.25) is 0 Å². The number of Topliss-reactive ketones (excluding diaryl/α,β-unsaturated/α-hetero) is 4. The van der Waals surface area contributed by atoms with Gasteiger partial charge >= 0.3 is 21.7 Å². The first kappa shape index (κ1) is 34.7. The van der Waals surface area contributed by atoms with Crippen LogP contribution in [0.3, 0.4) is 0 Å². The third kappa shape index (κ3) is 18.5. The number of hydrogen-bond acceptors (Lipinski definition) is 6. The molecule has 0 atom stereocenters. The Morgan fingerprint density at radius 2 is 0.886 bits per heavy atom. The summed E-state index contributed by atoms with van der Waals surface area (Å²) in [5, 5.41) is 17.9. The fraction of sp³-hybridized carbons (Fsp3) is 0.357. The van der Waals surface area contributed by atoms with Crippen LogP contribution in [0, 0.1) is 12.8 Å². The molecular formula is C28H34O6Ti. The SMILES string of the molecule is CC[O-].CC[O-].O=C([CH-]C(=O)c1ccccc1)CCCCCCC(=O)[CH-]C(=O)c1ccccc1.[Ti+4]. The Kier molecular flexibility index (Phi) is 23.0. The van der Waals surface area contributed by atoms with Gasteiger partial charge in [0, 0.05) is 11.6 Å². The molecule has 0 aromatic heterocycles. The zero-order chi connectivity index (χ0) is 25.6. The molecule has 0 fully saturated rings. The van der Waals surface area contributed by atoms with Gasteiger partial charge in [0.1, 0.15) is 0 Å². The summed E-state index contributed by atoms with van der Waals surface area (Å²) in [7, 11) is 0. The second-order valence-corrected chi connectivity index (χ2v) is 7.17. The van der Waals surface area contributed by atoms with E-state index in [0.717, 1.165) is 25.7 Å². The number of carbonyl (C=O) groups excluding carboxylic acids is 4. The number of carbonyl (C=O) groups is 4. The quantitative estimate of drug-likeness (QED) is 0.133. The van der Waals surface area contributed by atoms with Gasteiger partial charge < -0.3 is 29.4 Å². The monoisotopic (exact) mass is 514 g/mol. The molecule has 0 aliphatic rings. The molecule has 35 heavy (non-hydrogen) atoms. The van der Waals surface area contributed by atoms with Gasteiger partial charge in [-0.15, -0.1) is 61.4 Å². The van der Waals surface area contributed by atoms with Gasteiger partial charge in [0.05, 0.1) is 11.6 Å². The van der Waals surface area contributed by atoms with Crippen molar-refractivity contribution in [3.8, 4) is 0 Å². The van der Waals surface area contributed by atoms with Gasteiger partial charge in [-0.1, -0.05) is 63.1 Å². The molecule has 0 heterocycles. The number of hydrogen-bond donors (Lipinski definition) is 0. The zero-order valence-corrected chi connectivity index (χ0v) is 22.1. The minimum atomic E-state index is -0.269. The predicted octanol–water partition coefficient (Wildman–Crippen LogP) is 3.37. The molecule has 186 valence electrons. The van der Waals surface area contributed by atoms with Gasteiger partial charge in [0.25, 0.3) is 0 Å². The molecular weight excluding hydrogens is 480 g/mol. The molecule has 0 saturated carbocycles. The van der Waals surface area contributed by atoms with E-state index < -0.39 is 0 Å². The summed E-state index contributed by atoms with van der Waals surface area (Å²) in [4.78, 5) is 47.5. The van der Waals surface area contributed by atoms with Gasteiger partial charge in [0.15, 0.2) is 0 Å². The van der Waals surface area contributed by atoms with Gasteiger partial charge in [-0.25, -0.2) is 0 Å². The van der Waals surface area contributed by atoms with Crippen molar-refractivity contribution in [2.75, 3.05) is 13.2 Å². The van der Waals surface area contributed by atoms with Crippen LogP contribution in [0.4, 0.5) is 0 Å². The van der Waals surface area contributed by atoms with E-state index in [1.807, 2.05) is 12.1 Å². The van der Waals surface area contributed by atoms with Crippen molar-refractivity contribution in [2.24, 2.45) is 0 Å². The largest absolute Gasteiger partial charge is 4.00 e. The van der Waals surface area contributed by atoms with E-state index in [9.17, 15) is 19.2 Å². The maximum Gasteiger partial charge on any atom is 4.00 e. The topological polar surface area (TPSA) is 114 Å². The average molecular weight is 514 g/mol. The normalized spacial score (nSPS) is 9.14. The zero-order valence-electron chi connectivity index (χ0n) is 20.5. The molecule has 0 aliphatic heterocycles. The van der Waals surface area contributed by atoms with Crippen molar-refractivity contribution < 1.29 is 51.1 Å². The smallest absolute Gasteiger partial charge is 0.855 e. The van der Waals surface area contributed by atoms with Crippen molar-refractivity contribution in [3.63, 3.8) is 0 Å². The molecule has 0 bridgehead atoms. The number of ketones is 4. The molecule has 0 N–H and O–H groups in total. The Morgan fingerprint density at radius 1 is 0.600 bits per heavy atom. The van der Waals surface area contributed by atoms with E-state index in [1.54, 1.807) is 62.4 Å². The van der Waals surface area contributed by atoms with Crippen LogP contribution in [0.25, 0.3) is 0 Å². The van der Waals surface area contributed by atoms with Crippen LogP contribution in [-0.4, -0.2) is 36.3 Å². The third-order valence-corrected chi connectivity index (χ3v) is 4.30. The molecule has 2 aromatic rings. The van der Waals surface area contributed by atoms with Gasteiger partial charge in [0.2, 0.25) is 0 Å². The Labute approximate surface area is 224 Å². The Bertz CT molecular complexity index is 766. The summed E-state index contributed by atoms with van der Waals surface area (Å²) in [6, 6.07) is 17.4. The van der Waals surface area contributed by atoms with Crippen molar-refractivity contribution in [2.45, 2.75) is 52.4 Å². The molecule has 7 heteroatoms. The van der Waals surface area contributed by atoms with Crippen molar-refractivity contribution in [1.82, 2.24) is 0 Å². The van der Waals surface area contributed by atoms with Crippen LogP contribution < -0.4 is 10.2 Å². The summed E-state index contributed by atoms with van der Waals surface area (Å²) in [5.41, 5.74) is 1.02. The third-order valence-electron chi connectivity index (χ3n) is 4.30. The Balaban J connectivity index is 0. The Hall–Kier alpha value is -2.51. The standard InChI is InChI=1S/C24H24O4.2C2H5O.Ti/c25-21(17-23(27)19-11-5-3-6-12-19)15-9-1-2-10-16-22(26)18-24(28)20-13-7-4-8-14-20;2*1-2-3;/h3-8,11-14,17-18H,1-2,9-10,15-16H2;2*2H2,1H3;/q-2;2*-1;+4. The minimum absolute atomic E-state index is 0. The predicted molar refractivity (Wildman–Crippen MR) is 129 cm³/mol. The minimum Gasteiger partial charge on any atom is -0.855 e. The van der Waals surface area contributed by atoms with Crippen LogP contribution >= 0.6 is 0 Å². The molecule has 2 rings (SSSR count). The number of rotatable bonds is 13. The molecule has 2 aromatic carbocycles. The summed E-state index contributed by atoms with van der Waals surface area (Å²) in [6.45, 7) is 3.14. The first-order chi connectivity index (χ1) is 16.4. The average Bonchev–Trinajstić information content (AvgIpc) is 2.83. The van der Waals surface area contributed by atoms with E-state index in [0.29, 0.717) is 36.8 Å². The maximum atomic E-state index is 11.9. The molecule has 0 aliphatic carbocycles. The van der Waals surface area contributed by atoms with E-state index >= 15 is 0 Å². The molecule has 0 radical (unpaired) electrons. The van der Waals surface area contributed by atoms with E-state index in [-0.39, 0.29) is 58.1 Å². The van der Waals surface area contributed by atoms with Gasteiger partial charge in [-0.2, -0.15) is 0 Å².